The molecule has 0 fully saturated rings. The highest BCUT2D eigenvalue weighted by atomic mass is 16.5. The number of phenols is 1. The Kier molecular flexibility index (Phi) is 3.08. The molecule has 1 unspecified atom stereocenters. The van der Waals surface area contributed by atoms with Gasteiger partial charge in [-0.3, -0.25) is 9.59 Å². The lowest BCUT2D eigenvalue weighted by Crippen LogP contribution is -2.01. The van der Waals surface area contributed by atoms with Crippen molar-refractivity contribution in [3.8, 4) is 23.0 Å². The van der Waals surface area contributed by atoms with Crippen molar-refractivity contribution < 1.29 is 48.1 Å². The van der Waals surface area contributed by atoms with Crippen LogP contribution in [0, 0.1) is 0 Å². The van der Waals surface area contributed by atoms with Crippen molar-refractivity contribution in [3.05, 3.63) is 59.6 Å². The Bertz CT molecular complexity index is 1420. The zero-order valence-corrected chi connectivity index (χ0v) is 14.0. The fourth-order valence-corrected chi connectivity index (χ4v) is 1.88. The van der Waals surface area contributed by atoms with Crippen molar-refractivity contribution in [2.75, 3.05) is 21.1 Å². The van der Waals surface area contributed by atoms with Gasteiger partial charge in [0.05, 0.1) is 45.3 Å². The van der Waals surface area contributed by atoms with Gasteiger partial charge in [-0.15, -0.1) is 0 Å². The summed E-state index contributed by atoms with van der Waals surface area (Å²) in [5, 5.41) is 9.78. The Morgan fingerprint density at radius 2 is 1.46 bits per heavy atom. The molecule has 28 heavy (non-hydrogen) atoms. The fourth-order valence-electron chi connectivity index (χ4n) is 1.88. The summed E-state index contributed by atoms with van der Waals surface area (Å²) in [6.45, 7) is 0. The first-order chi connectivity index (χ1) is 19.0. The molecular weight excluding hydrogens is 360 g/mol. The molecule has 1 atom stereocenters. The second kappa shape index (κ2) is 9.97. The number of phenolic OH excluding ortho intramolecular Hbond substituents is 1. The third-order valence-electron chi connectivity index (χ3n) is 3.16. The monoisotopic (exact) mass is 396 g/mol. The molecule has 2 aromatic carbocycles. The smallest absolute Gasteiger partial charge is 0.163 e. The molecule has 0 spiro atoms. The van der Waals surface area contributed by atoms with E-state index in [-0.39, 0.29) is 11.1 Å². The largest absolute Gasteiger partial charge is 0.504 e. The van der Waals surface area contributed by atoms with Crippen LogP contribution in [0.3, 0.4) is 0 Å². The molecule has 0 radical (unpaired) electrons. The van der Waals surface area contributed by atoms with Crippen LogP contribution in [0.25, 0.3) is 12.1 Å². The van der Waals surface area contributed by atoms with E-state index in [9.17, 15) is 14.7 Å². The van der Waals surface area contributed by atoms with Crippen molar-refractivity contribution in [1.82, 2.24) is 0 Å². The van der Waals surface area contributed by atoms with E-state index in [1.807, 2.05) is 0 Å². The molecule has 0 aliphatic carbocycles. The van der Waals surface area contributed by atoms with E-state index < -0.39 is 86.3 Å². The van der Waals surface area contributed by atoms with Crippen LogP contribution in [0.15, 0.2) is 48.5 Å². The first kappa shape index (κ1) is 8.65. The van der Waals surface area contributed by atoms with Crippen LogP contribution < -0.4 is 14.2 Å². The summed E-state index contributed by atoms with van der Waals surface area (Å²) in [5.41, 5.74) is -0.632. The Morgan fingerprint density at radius 1 is 0.929 bits per heavy atom. The molecule has 6 heteroatoms. The molecule has 2 rings (SSSR count). The number of rotatable bonds is 9. The molecule has 0 aromatic heterocycles. The highest BCUT2D eigenvalue weighted by molar-refractivity contribution is 6.10. The maximum absolute atomic E-state index is 12.7. The average Bonchev–Trinajstić information content (AvgIpc) is 2.85. The van der Waals surface area contributed by atoms with E-state index in [4.69, 9.17) is 23.9 Å². The summed E-state index contributed by atoms with van der Waals surface area (Å²) in [7, 11) is -9.07. The normalized spacial score (nSPS) is 22.1. The van der Waals surface area contributed by atoms with Gasteiger partial charge in [-0.2, -0.15) is 0 Å². The van der Waals surface area contributed by atoms with Crippen molar-refractivity contribution in [1.29, 1.82) is 0 Å². The van der Waals surface area contributed by atoms with E-state index in [0.29, 0.717) is 0 Å². The minimum absolute atomic E-state index is 0.283. The second-order valence-corrected chi connectivity index (χ2v) is 5.02. The minimum Gasteiger partial charge on any atom is -0.504 e. The molecule has 2 aromatic rings. The highest BCUT2D eigenvalue weighted by Gasteiger charge is 2.06. The lowest BCUT2D eigenvalue weighted by molar-refractivity contribution is -0.121. The Hall–Kier alpha value is -3.54. The van der Waals surface area contributed by atoms with E-state index in [2.05, 4.69) is 9.47 Å². The average molecular weight is 396 g/mol. The lowest BCUT2D eigenvalue weighted by atomic mass is 10.1. The van der Waals surface area contributed by atoms with Crippen LogP contribution >= 0.6 is 0 Å². The Labute approximate surface area is 183 Å². The van der Waals surface area contributed by atoms with Crippen LogP contribution in [0.4, 0.5) is 0 Å². The summed E-state index contributed by atoms with van der Waals surface area (Å²) < 4.78 is 119. The van der Waals surface area contributed by atoms with Gasteiger partial charge in [0.25, 0.3) is 0 Å². The topological polar surface area (TPSA) is 82.1 Å². The van der Waals surface area contributed by atoms with Crippen molar-refractivity contribution in [2.24, 2.45) is 0 Å². The van der Waals surface area contributed by atoms with Gasteiger partial charge in [-0.25, -0.2) is 0 Å². The number of carbonyl (C=O) groups is 2. The fraction of sp³-hybridized carbons (Fsp3) is 0.182. The van der Waals surface area contributed by atoms with Crippen LogP contribution in [0.5, 0.6) is 23.0 Å². The number of benzene rings is 2. The quantitative estimate of drug-likeness (QED) is 0.514. The zero-order chi connectivity index (χ0) is 32.4. The molecule has 1 N–H and O–H groups in total. The molecule has 0 aliphatic heterocycles. The SMILES string of the molecule is [2H]/C(C(=O)C([2H])C(=O)/C([2H])=C(\[2H])c1ccc(OC([2H])([2H])[2H])c(OC([2H])([2H])[2H])c1)=C(/[2H])c1ccc(O)c(OC([2H])([2H])[2H])c1. The van der Waals surface area contributed by atoms with Crippen LogP contribution in [0.1, 0.15) is 36.7 Å². The minimum atomic E-state index is -3.09. The predicted molar refractivity (Wildman–Crippen MR) is 107 cm³/mol. The van der Waals surface area contributed by atoms with E-state index >= 15 is 0 Å². The van der Waals surface area contributed by atoms with Crippen LogP contribution in [-0.2, 0) is 9.59 Å². The number of hydrogen-bond acceptors (Lipinski definition) is 6. The number of hydrogen-bond donors (Lipinski definition) is 1. The zero-order valence-electron chi connectivity index (χ0n) is 28.0. The third-order valence-corrected chi connectivity index (χ3v) is 3.16. The standard InChI is InChI=1S/C22H22O6/c1-26-20-11-7-16(13-22(20)28-3)5-9-18(24)14-17(23)8-4-15-6-10-19(25)21(12-15)27-2/h4-13,25H,14H2,1-3H3/b8-4+,9-5+/i1D3,2D3,3D3,4D,5D,8D,9D,14D. The summed E-state index contributed by atoms with van der Waals surface area (Å²) in [5.74, 6) is -5.56. The lowest BCUT2D eigenvalue weighted by Gasteiger charge is -2.07. The number of ether oxygens (including phenoxy) is 3. The summed E-state index contributed by atoms with van der Waals surface area (Å²) in [6.07, 6.45) is -2.49. The first-order valence-corrected chi connectivity index (χ1v) is 7.41. The highest BCUT2D eigenvalue weighted by Crippen LogP contribution is 2.28. The van der Waals surface area contributed by atoms with E-state index in [1.165, 1.54) is 0 Å². The maximum atomic E-state index is 12.7. The number of carbonyl (C=O) groups excluding carboxylic acids is 2. The molecule has 0 heterocycles. The van der Waals surface area contributed by atoms with Gasteiger partial charge in [0.2, 0.25) is 0 Å². The van der Waals surface area contributed by atoms with Gasteiger partial charge in [-0.05, 0) is 47.5 Å². The van der Waals surface area contributed by atoms with Crippen molar-refractivity contribution >= 4 is 23.7 Å². The van der Waals surface area contributed by atoms with Crippen molar-refractivity contribution in [2.45, 2.75) is 6.40 Å². The molecule has 146 valence electrons. The third kappa shape index (κ3) is 5.74. The molecule has 0 saturated heterocycles. The molecule has 0 saturated carbocycles. The maximum Gasteiger partial charge on any atom is 0.163 e. The van der Waals surface area contributed by atoms with E-state index in [0.717, 1.165) is 36.4 Å². The molecule has 0 aliphatic rings. The molecule has 0 bridgehead atoms. The van der Waals surface area contributed by atoms with Gasteiger partial charge in [0, 0.05) is 1.37 Å². The molecule has 0 amide bonds. The molecular formula is C22H22O6. The van der Waals surface area contributed by atoms with Gasteiger partial charge >= 0.3 is 0 Å². The van der Waals surface area contributed by atoms with E-state index in [1.54, 1.807) is 0 Å². The number of ketones is 2. The second-order valence-electron chi connectivity index (χ2n) is 5.02. The summed E-state index contributed by atoms with van der Waals surface area (Å²) >= 11 is 0. The van der Waals surface area contributed by atoms with Gasteiger partial charge in [0.15, 0.2) is 34.6 Å². The van der Waals surface area contributed by atoms with Gasteiger partial charge in [0.1, 0.15) is 0 Å². The van der Waals surface area contributed by atoms with Crippen molar-refractivity contribution in [3.63, 3.8) is 0 Å². The van der Waals surface area contributed by atoms with Gasteiger partial charge in [-0.1, -0.05) is 24.2 Å². The Morgan fingerprint density at radius 3 is 2.11 bits per heavy atom. The summed E-state index contributed by atoms with van der Waals surface area (Å²) in [6, 6.07) is 1.34. The predicted octanol–water partition coefficient (Wildman–Crippen LogP) is 3.67. The number of aromatic hydroxyl groups is 1. The molecule has 6 nitrogen and oxygen atoms in total. The first-order valence-electron chi connectivity index (χ1n) is 14.5. The Balaban J connectivity index is 2.42. The van der Waals surface area contributed by atoms with Gasteiger partial charge < -0.3 is 19.3 Å². The summed E-state index contributed by atoms with van der Waals surface area (Å²) in [4.78, 5) is 25.4. The van der Waals surface area contributed by atoms with Crippen LogP contribution in [0.2, 0.25) is 0 Å². The van der Waals surface area contributed by atoms with Crippen LogP contribution in [-0.4, -0.2) is 37.8 Å². The number of allylic oxidation sites excluding steroid dienone is 2. The number of methoxy groups -OCH3 is 3.